The smallest absolute Gasteiger partial charge is 0.0887 e. The van der Waals surface area contributed by atoms with Crippen LogP contribution in [0.2, 0.25) is 0 Å². The predicted octanol–water partition coefficient (Wildman–Crippen LogP) is 4.56. The summed E-state index contributed by atoms with van der Waals surface area (Å²) in [5, 5.41) is 2.46. The van der Waals surface area contributed by atoms with Crippen molar-refractivity contribution in [1.82, 2.24) is 9.55 Å². The van der Waals surface area contributed by atoms with Crippen LogP contribution in [-0.4, -0.2) is 9.55 Å². The predicted molar refractivity (Wildman–Crippen MR) is 86.8 cm³/mol. The fourth-order valence-electron chi connectivity index (χ4n) is 2.88. The Hall–Kier alpha value is -2.06. The van der Waals surface area contributed by atoms with Crippen LogP contribution in [0.1, 0.15) is 5.56 Å². The molecule has 2 heterocycles. The number of para-hydroxylation sites is 1. The van der Waals surface area contributed by atoms with Gasteiger partial charge in [0.05, 0.1) is 16.9 Å². The molecule has 0 radical (unpaired) electrons. The van der Waals surface area contributed by atoms with Crippen LogP contribution in [0.15, 0.2) is 48.5 Å². The number of aromatic nitrogens is 2. The van der Waals surface area contributed by atoms with Gasteiger partial charge < -0.3 is 4.57 Å². The van der Waals surface area contributed by atoms with E-state index in [0.717, 1.165) is 11.2 Å². The second-order valence-corrected chi connectivity index (χ2v) is 5.13. The summed E-state index contributed by atoms with van der Waals surface area (Å²) in [5.74, 6) is 0. The molecule has 100 valence electrons. The first-order valence-corrected chi connectivity index (χ1v) is 6.48. The van der Waals surface area contributed by atoms with E-state index in [1.807, 2.05) is 6.07 Å². The molecule has 2 nitrogen and oxygen atoms in total. The lowest BCUT2D eigenvalue weighted by Crippen LogP contribution is -1.99. The third-order valence-electron chi connectivity index (χ3n) is 3.82. The number of benzene rings is 2. The maximum atomic E-state index is 4.73. The Labute approximate surface area is 123 Å². The zero-order chi connectivity index (χ0) is 13.0. The lowest BCUT2D eigenvalue weighted by atomic mass is 10.1. The van der Waals surface area contributed by atoms with Crippen molar-refractivity contribution in [2.45, 2.75) is 6.92 Å². The number of rotatable bonds is 0. The topological polar surface area (TPSA) is 17.8 Å². The fourth-order valence-corrected chi connectivity index (χ4v) is 2.88. The molecule has 0 atom stereocenters. The average Bonchev–Trinajstić information content (AvgIpc) is 2.78. The van der Waals surface area contributed by atoms with Crippen LogP contribution in [0.4, 0.5) is 0 Å². The van der Waals surface area contributed by atoms with Crippen molar-refractivity contribution in [3.05, 3.63) is 54.1 Å². The normalized spacial score (nSPS) is 11.1. The molecule has 0 amide bonds. The van der Waals surface area contributed by atoms with Crippen molar-refractivity contribution < 1.29 is 0 Å². The van der Waals surface area contributed by atoms with Gasteiger partial charge in [0.1, 0.15) is 0 Å². The molecule has 0 N–H and O–H groups in total. The van der Waals surface area contributed by atoms with Crippen molar-refractivity contribution in [2.24, 2.45) is 7.05 Å². The highest BCUT2D eigenvalue weighted by atomic mass is 35.5. The van der Waals surface area contributed by atoms with Crippen molar-refractivity contribution in [1.29, 1.82) is 0 Å². The van der Waals surface area contributed by atoms with Gasteiger partial charge in [-0.2, -0.15) is 0 Å². The third kappa shape index (κ3) is 1.69. The molecule has 0 aromatic heterocycles. The lowest BCUT2D eigenvalue weighted by molar-refractivity contribution is 0.966. The molecule has 0 unspecified atom stereocenters. The second kappa shape index (κ2) is 4.50. The maximum Gasteiger partial charge on any atom is 0.0887 e. The second-order valence-electron chi connectivity index (χ2n) is 5.13. The van der Waals surface area contributed by atoms with Gasteiger partial charge in [-0.25, -0.2) is 4.98 Å². The molecule has 0 saturated heterocycles. The van der Waals surface area contributed by atoms with E-state index >= 15 is 0 Å². The highest BCUT2D eigenvalue weighted by Crippen LogP contribution is 2.34. The molecule has 0 saturated carbocycles. The first kappa shape index (κ1) is 12.9. The van der Waals surface area contributed by atoms with Crippen molar-refractivity contribution in [3.8, 4) is 11.4 Å². The van der Waals surface area contributed by atoms with Crippen LogP contribution in [0.3, 0.4) is 0 Å². The average molecular weight is 283 g/mol. The molecule has 2 aliphatic rings. The highest BCUT2D eigenvalue weighted by molar-refractivity contribution is 6.00. The van der Waals surface area contributed by atoms with Crippen LogP contribution >= 0.6 is 12.4 Å². The van der Waals surface area contributed by atoms with E-state index in [1.54, 1.807) is 0 Å². The van der Waals surface area contributed by atoms with Gasteiger partial charge in [-0.1, -0.05) is 30.3 Å². The number of pyridine rings is 1. The van der Waals surface area contributed by atoms with Gasteiger partial charge in [0.25, 0.3) is 0 Å². The van der Waals surface area contributed by atoms with Gasteiger partial charge in [0.15, 0.2) is 0 Å². The Morgan fingerprint density at radius 1 is 1.00 bits per heavy atom. The molecule has 2 aromatic carbocycles. The first-order chi connectivity index (χ1) is 9.24. The van der Waals surface area contributed by atoms with E-state index in [4.69, 9.17) is 4.98 Å². The molecule has 20 heavy (non-hydrogen) atoms. The lowest BCUT2D eigenvalue weighted by Gasteiger charge is -2.12. The largest absolute Gasteiger partial charge is 0.342 e. The van der Waals surface area contributed by atoms with Crippen LogP contribution in [0.5, 0.6) is 0 Å². The Morgan fingerprint density at radius 2 is 1.80 bits per heavy atom. The number of nitrogens with zero attached hydrogens (tertiary/aromatic N) is 2. The van der Waals surface area contributed by atoms with Crippen LogP contribution in [0.25, 0.3) is 33.2 Å². The zero-order valence-corrected chi connectivity index (χ0v) is 12.2. The fraction of sp³-hybridized carbons (Fsp3) is 0.118. The van der Waals surface area contributed by atoms with E-state index in [-0.39, 0.29) is 12.4 Å². The zero-order valence-electron chi connectivity index (χ0n) is 11.4. The molecule has 0 spiro atoms. The molecular weight excluding hydrogens is 268 g/mol. The summed E-state index contributed by atoms with van der Waals surface area (Å²) in [6.07, 6.45) is 0. The van der Waals surface area contributed by atoms with Crippen LogP contribution in [-0.2, 0) is 7.05 Å². The monoisotopic (exact) mass is 282 g/mol. The minimum Gasteiger partial charge on any atom is -0.342 e. The third-order valence-corrected chi connectivity index (χ3v) is 3.82. The van der Waals surface area contributed by atoms with Crippen LogP contribution in [0, 0.1) is 6.92 Å². The number of fused-ring (bicyclic) bond motifs is 4. The molecule has 0 fully saturated rings. The Bertz CT molecular complexity index is 892. The van der Waals surface area contributed by atoms with Gasteiger partial charge in [0, 0.05) is 23.3 Å². The summed E-state index contributed by atoms with van der Waals surface area (Å²) in [7, 11) is 2.12. The number of hydrogen-bond donors (Lipinski definition) is 0. The Kier molecular flexibility index (Phi) is 2.91. The standard InChI is InChI=1S/C17H14N2.ClH/c1-11-7-8-12-10-15-17(19(2)16(12)9-11)13-5-3-4-6-14(13)18-15;/h3-10H,1-2H3;1H. The van der Waals surface area contributed by atoms with Crippen molar-refractivity contribution in [2.75, 3.05) is 0 Å². The molecule has 3 heteroatoms. The summed E-state index contributed by atoms with van der Waals surface area (Å²) in [6, 6.07) is 17.1. The van der Waals surface area contributed by atoms with E-state index < -0.39 is 0 Å². The minimum absolute atomic E-state index is 0. The quantitative estimate of drug-likeness (QED) is 0.462. The highest BCUT2D eigenvalue weighted by Gasteiger charge is 2.15. The summed E-state index contributed by atoms with van der Waals surface area (Å²) < 4.78 is 2.26. The van der Waals surface area contributed by atoms with Gasteiger partial charge in [-0.15, -0.1) is 12.4 Å². The molecule has 0 aliphatic carbocycles. The Balaban J connectivity index is 0.00000121. The van der Waals surface area contributed by atoms with Crippen LogP contribution < -0.4 is 0 Å². The van der Waals surface area contributed by atoms with Crippen molar-refractivity contribution in [3.63, 3.8) is 0 Å². The summed E-state index contributed by atoms with van der Waals surface area (Å²) in [4.78, 5) is 4.73. The number of hydrogen-bond acceptors (Lipinski definition) is 1. The van der Waals surface area contributed by atoms with Gasteiger partial charge in [-0.3, -0.25) is 0 Å². The van der Waals surface area contributed by atoms with E-state index in [9.17, 15) is 0 Å². The number of halogens is 1. The maximum absolute atomic E-state index is 4.73. The SMILES string of the molecule is Cc1ccc2cc3nc4ccccc4c-3n(C)c2c1.Cl. The molecule has 4 rings (SSSR count). The molecule has 2 aromatic rings. The first-order valence-electron chi connectivity index (χ1n) is 6.48. The van der Waals surface area contributed by atoms with Gasteiger partial charge in [-0.05, 0) is 30.7 Å². The number of aryl methyl sites for hydroxylation is 2. The van der Waals surface area contributed by atoms with E-state index in [1.165, 1.54) is 27.5 Å². The van der Waals surface area contributed by atoms with Gasteiger partial charge >= 0.3 is 0 Å². The van der Waals surface area contributed by atoms with Crippen molar-refractivity contribution >= 4 is 34.2 Å². The summed E-state index contributed by atoms with van der Waals surface area (Å²) in [5.41, 5.74) is 5.89. The van der Waals surface area contributed by atoms with E-state index in [2.05, 4.69) is 61.0 Å². The molecule has 0 bridgehead atoms. The molecular formula is C17H15ClN2. The minimum atomic E-state index is 0. The summed E-state index contributed by atoms with van der Waals surface area (Å²) >= 11 is 0. The Morgan fingerprint density at radius 3 is 2.65 bits per heavy atom. The van der Waals surface area contributed by atoms with E-state index in [0.29, 0.717) is 0 Å². The molecule has 2 aliphatic heterocycles. The van der Waals surface area contributed by atoms with Gasteiger partial charge in [0.2, 0.25) is 0 Å². The summed E-state index contributed by atoms with van der Waals surface area (Å²) in [6.45, 7) is 2.13.